The third-order valence-electron chi connectivity index (χ3n) is 9.51. The van der Waals surface area contributed by atoms with E-state index in [2.05, 4.69) is 25.7 Å². The van der Waals surface area contributed by atoms with E-state index in [0.717, 1.165) is 45.4 Å². The van der Waals surface area contributed by atoms with Crippen LogP contribution in [0.25, 0.3) is 0 Å². The molecule has 0 saturated carbocycles. The van der Waals surface area contributed by atoms with Crippen LogP contribution in [0.2, 0.25) is 0 Å². The van der Waals surface area contributed by atoms with E-state index in [0.29, 0.717) is 25.7 Å². The Morgan fingerprint density at radius 2 is 0.913 bits per heavy atom. The standard InChI is InChI=1S/C41H83NO4/c1-4-7-10-13-16-18-24-29-39-46-41(44)33-30-35-42(36-37-43)34-27-22-17-19-23-28-38-45-40(31-25-20-14-11-8-5-2)32-26-21-15-12-9-6-3/h40,43H,4-39H2,1-3H3. The molecule has 0 aliphatic carbocycles. The van der Waals surface area contributed by atoms with Crippen molar-refractivity contribution in [3.63, 3.8) is 0 Å². The van der Waals surface area contributed by atoms with E-state index in [1.54, 1.807) is 0 Å². The Hall–Kier alpha value is -0.650. The van der Waals surface area contributed by atoms with E-state index in [1.165, 1.54) is 161 Å². The molecule has 0 aromatic heterocycles. The third kappa shape index (κ3) is 34.7. The van der Waals surface area contributed by atoms with Crippen LogP contribution >= 0.6 is 0 Å². The molecule has 0 rings (SSSR count). The molecule has 0 aliphatic heterocycles. The molecule has 0 spiro atoms. The molecule has 0 aromatic carbocycles. The van der Waals surface area contributed by atoms with Gasteiger partial charge in [-0.2, -0.15) is 0 Å². The Morgan fingerprint density at radius 1 is 0.500 bits per heavy atom. The van der Waals surface area contributed by atoms with Gasteiger partial charge in [0.25, 0.3) is 0 Å². The van der Waals surface area contributed by atoms with Crippen molar-refractivity contribution in [3.8, 4) is 0 Å². The number of carbonyl (C=O) groups excluding carboxylic acids is 1. The molecular formula is C41H83NO4. The van der Waals surface area contributed by atoms with Gasteiger partial charge in [-0.05, 0) is 51.6 Å². The smallest absolute Gasteiger partial charge is 0.305 e. The number of hydrogen-bond acceptors (Lipinski definition) is 5. The molecule has 0 aliphatic rings. The molecule has 0 radical (unpaired) electrons. The summed E-state index contributed by atoms with van der Waals surface area (Å²) in [7, 11) is 0. The number of aliphatic hydroxyl groups excluding tert-OH is 1. The molecule has 0 unspecified atom stereocenters. The fourth-order valence-electron chi connectivity index (χ4n) is 6.43. The number of carbonyl (C=O) groups is 1. The topological polar surface area (TPSA) is 59.0 Å². The first-order valence-electron chi connectivity index (χ1n) is 20.8. The van der Waals surface area contributed by atoms with Crippen LogP contribution < -0.4 is 0 Å². The first kappa shape index (κ1) is 45.3. The molecule has 0 fully saturated rings. The van der Waals surface area contributed by atoms with Gasteiger partial charge in [-0.3, -0.25) is 4.79 Å². The highest BCUT2D eigenvalue weighted by molar-refractivity contribution is 5.69. The van der Waals surface area contributed by atoms with Gasteiger partial charge < -0.3 is 19.5 Å². The lowest BCUT2D eigenvalue weighted by Crippen LogP contribution is -2.29. The van der Waals surface area contributed by atoms with Crippen molar-refractivity contribution in [1.29, 1.82) is 0 Å². The minimum Gasteiger partial charge on any atom is -0.466 e. The summed E-state index contributed by atoms with van der Waals surface area (Å²) in [6.07, 6.45) is 38.2. The van der Waals surface area contributed by atoms with Gasteiger partial charge >= 0.3 is 5.97 Å². The van der Waals surface area contributed by atoms with Gasteiger partial charge in [0, 0.05) is 19.6 Å². The lowest BCUT2D eigenvalue weighted by atomic mass is 10.0. The number of hydrogen-bond donors (Lipinski definition) is 1. The maximum Gasteiger partial charge on any atom is 0.305 e. The molecule has 0 saturated heterocycles. The van der Waals surface area contributed by atoms with Crippen molar-refractivity contribution < 1.29 is 19.4 Å². The highest BCUT2D eigenvalue weighted by Crippen LogP contribution is 2.18. The third-order valence-corrected chi connectivity index (χ3v) is 9.51. The lowest BCUT2D eigenvalue weighted by Gasteiger charge is -2.21. The predicted octanol–water partition coefficient (Wildman–Crippen LogP) is 12.0. The Morgan fingerprint density at radius 3 is 1.41 bits per heavy atom. The van der Waals surface area contributed by atoms with E-state index in [9.17, 15) is 9.90 Å². The van der Waals surface area contributed by atoms with E-state index >= 15 is 0 Å². The average Bonchev–Trinajstić information content (AvgIpc) is 3.05. The van der Waals surface area contributed by atoms with Gasteiger partial charge in [0.05, 0.1) is 19.3 Å². The van der Waals surface area contributed by atoms with E-state index in [4.69, 9.17) is 9.47 Å². The molecule has 5 nitrogen and oxygen atoms in total. The highest BCUT2D eigenvalue weighted by atomic mass is 16.5. The van der Waals surface area contributed by atoms with Gasteiger partial charge in [-0.1, -0.05) is 168 Å². The molecule has 0 aromatic rings. The molecule has 0 amide bonds. The van der Waals surface area contributed by atoms with Crippen molar-refractivity contribution in [2.75, 3.05) is 39.5 Å². The number of esters is 1. The number of aliphatic hydroxyl groups is 1. The zero-order valence-corrected chi connectivity index (χ0v) is 31.7. The number of unbranched alkanes of at least 4 members (excludes halogenated alkanes) is 22. The number of rotatable bonds is 39. The predicted molar refractivity (Wildman–Crippen MR) is 200 cm³/mol. The van der Waals surface area contributed by atoms with Gasteiger partial charge in [0.15, 0.2) is 0 Å². The summed E-state index contributed by atoms with van der Waals surface area (Å²) >= 11 is 0. The first-order chi connectivity index (χ1) is 22.7. The van der Waals surface area contributed by atoms with Crippen molar-refractivity contribution in [1.82, 2.24) is 4.90 Å². The molecule has 46 heavy (non-hydrogen) atoms. The Labute approximate surface area is 288 Å². The minimum atomic E-state index is -0.0630. The molecule has 0 atom stereocenters. The van der Waals surface area contributed by atoms with Gasteiger partial charge in [-0.15, -0.1) is 0 Å². The van der Waals surface area contributed by atoms with Crippen LogP contribution in [-0.4, -0.2) is 61.5 Å². The molecule has 0 heterocycles. The molecule has 1 N–H and O–H groups in total. The van der Waals surface area contributed by atoms with Crippen molar-refractivity contribution in [3.05, 3.63) is 0 Å². The Balaban J connectivity index is 3.90. The van der Waals surface area contributed by atoms with E-state index < -0.39 is 0 Å². The lowest BCUT2D eigenvalue weighted by molar-refractivity contribution is -0.144. The van der Waals surface area contributed by atoms with Crippen molar-refractivity contribution in [2.24, 2.45) is 0 Å². The van der Waals surface area contributed by atoms with E-state index in [1.807, 2.05) is 0 Å². The van der Waals surface area contributed by atoms with Crippen LogP contribution in [0, 0.1) is 0 Å². The highest BCUT2D eigenvalue weighted by Gasteiger charge is 2.10. The van der Waals surface area contributed by atoms with Crippen molar-refractivity contribution in [2.45, 2.75) is 219 Å². The second-order valence-corrected chi connectivity index (χ2v) is 14.1. The minimum absolute atomic E-state index is 0.0630. The summed E-state index contributed by atoms with van der Waals surface area (Å²) in [5, 5.41) is 9.49. The SMILES string of the molecule is CCCCCCCCCCOC(=O)CCCN(CCO)CCCCCCCCOC(CCCCCCCC)CCCCCCCC. The van der Waals surface area contributed by atoms with Crippen LogP contribution in [0.5, 0.6) is 0 Å². The van der Waals surface area contributed by atoms with Crippen molar-refractivity contribution >= 4 is 5.97 Å². The van der Waals surface area contributed by atoms with E-state index in [-0.39, 0.29) is 12.6 Å². The van der Waals surface area contributed by atoms with Crippen LogP contribution in [-0.2, 0) is 14.3 Å². The van der Waals surface area contributed by atoms with Gasteiger partial charge in [0.2, 0.25) is 0 Å². The summed E-state index contributed by atoms with van der Waals surface area (Å²) in [5.41, 5.74) is 0. The van der Waals surface area contributed by atoms with Crippen LogP contribution in [0.3, 0.4) is 0 Å². The zero-order chi connectivity index (χ0) is 33.6. The summed E-state index contributed by atoms with van der Waals surface area (Å²) < 4.78 is 11.9. The van der Waals surface area contributed by atoms with Crippen LogP contribution in [0.15, 0.2) is 0 Å². The normalized spacial score (nSPS) is 11.7. The zero-order valence-electron chi connectivity index (χ0n) is 31.7. The fourth-order valence-corrected chi connectivity index (χ4v) is 6.43. The quantitative estimate of drug-likeness (QED) is 0.0528. The average molecular weight is 654 g/mol. The molecule has 0 bridgehead atoms. The summed E-state index contributed by atoms with van der Waals surface area (Å²) in [6.45, 7) is 11.1. The first-order valence-corrected chi connectivity index (χ1v) is 20.8. The van der Waals surface area contributed by atoms with Gasteiger partial charge in [0.1, 0.15) is 0 Å². The van der Waals surface area contributed by atoms with Crippen LogP contribution in [0.1, 0.15) is 213 Å². The number of nitrogens with zero attached hydrogens (tertiary/aromatic N) is 1. The van der Waals surface area contributed by atoms with Gasteiger partial charge in [-0.25, -0.2) is 0 Å². The maximum absolute atomic E-state index is 12.1. The largest absolute Gasteiger partial charge is 0.466 e. The second kappa shape index (κ2) is 38.8. The summed E-state index contributed by atoms with van der Waals surface area (Å²) in [4.78, 5) is 14.4. The second-order valence-electron chi connectivity index (χ2n) is 14.1. The maximum atomic E-state index is 12.1. The number of ether oxygens (including phenoxy) is 2. The fraction of sp³-hybridized carbons (Fsp3) is 0.976. The molecular weight excluding hydrogens is 570 g/mol. The van der Waals surface area contributed by atoms with Crippen LogP contribution in [0.4, 0.5) is 0 Å². The molecule has 276 valence electrons. The Bertz CT molecular complexity index is 571. The summed E-state index contributed by atoms with van der Waals surface area (Å²) in [6, 6.07) is 0. The summed E-state index contributed by atoms with van der Waals surface area (Å²) in [5.74, 6) is -0.0630. The Kier molecular flexibility index (Phi) is 38.2. The monoisotopic (exact) mass is 654 g/mol. The molecule has 5 heteroatoms.